The fourth-order valence-corrected chi connectivity index (χ4v) is 11.2. The van der Waals surface area contributed by atoms with E-state index in [1.165, 1.54) is 101 Å². The van der Waals surface area contributed by atoms with Crippen molar-refractivity contribution in [3.63, 3.8) is 0 Å². The Hall–Kier alpha value is -6.26. The van der Waals surface area contributed by atoms with Crippen LogP contribution in [0.25, 0.3) is 118 Å². The van der Waals surface area contributed by atoms with Gasteiger partial charge in [-0.3, -0.25) is 0 Å². The van der Waals surface area contributed by atoms with E-state index >= 15 is 0 Å². The van der Waals surface area contributed by atoms with Crippen molar-refractivity contribution >= 4 is 107 Å². The third-order valence-electron chi connectivity index (χ3n) is 11.1. The lowest BCUT2D eigenvalue weighted by Crippen LogP contribution is -1.90. The lowest BCUT2D eigenvalue weighted by Gasteiger charge is -2.18. The first kappa shape index (κ1) is 29.3. The largest absolute Gasteiger partial charge is 0.456 e. The first-order chi connectivity index (χ1) is 26.3. The summed E-state index contributed by atoms with van der Waals surface area (Å²) < 4.78 is 10.5. The van der Waals surface area contributed by atoms with Gasteiger partial charge in [0.2, 0.25) is 0 Å². The molecule has 3 heterocycles. The number of hydrogen-bond acceptors (Lipinski definition) is 3. The highest BCUT2D eigenvalue weighted by atomic mass is 32.1. The van der Waals surface area contributed by atoms with Crippen LogP contribution in [0.1, 0.15) is 0 Å². The van der Waals surface area contributed by atoms with Crippen LogP contribution in [0.15, 0.2) is 174 Å². The molecule has 0 N–H and O–H groups in total. The molecule has 0 bridgehead atoms. The fourth-order valence-electron chi connectivity index (χ4n) is 8.78. The van der Waals surface area contributed by atoms with Gasteiger partial charge < -0.3 is 4.42 Å². The van der Waals surface area contributed by atoms with Gasteiger partial charge in [-0.05, 0) is 95.8 Å². The number of hydrogen-bond donors (Lipinski definition) is 0. The van der Waals surface area contributed by atoms with Gasteiger partial charge in [-0.15, -0.1) is 22.7 Å². The number of furan rings is 1. The van der Waals surface area contributed by atoms with Gasteiger partial charge in [0.1, 0.15) is 11.2 Å². The Bertz CT molecular complexity index is 3390. The molecule has 0 atom stereocenters. The monoisotopic (exact) mass is 708 g/mol. The zero-order valence-corrected chi connectivity index (χ0v) is 30.0. The van der Waals surface area contributed by atoms with Crippen LogP contribution in [0.3, 0.4) is 0 Å². The third-order valence-corrected chi connectivity index (χ3v) is 13.5. The molecule has 0 spiro atoms. The van der Waals surface area contributed by atoms with Crippen molar-refractivity contribution in [3.8, 4) is 33.4 Å². The van der Waals surface area contributed by atoms with Crippen molar-refractivity contribution in [1.82, 2.24) is 0 Å². The zero-order valence-electron chi connectivity index (χ0n) is 28.4. The van der Waals surface area contributed by atoms with E-state index in [0.717, 1.165) is 16.6 Å². The molecular weight excluding hydrogens is 681 g/mol. The number of benzene rings is 9. The average molecular weight is 709 g/mol. The minimum absolute atomic E-state index is 0.915. The van der Waals surface area contributed by atoms with Crippen LogP contribution in [0.2, 0.25) is 0 Å². The lowest BCUT2D eigenvalue weighted by molar-refractivity contribution is 0.669. The van der Waals surface area contributed by atoms with Gasteiger partial charge in [0.15, 0.2) is 0 Å². The van der Waals surface area contributed by atoms with Crippen molar-refractivity contribution in [1.29, 1.82) is 0 Å². The van der Waals surface area contributed by atoms with E-state index in [9.17, 15) is 0 Å². The standard InChI is InChI=1S/C50H28OS2/c1-2-10-29(11-3-1)42-28-52-49-39(42)22-21-38-40-26-32(20-25-45(40)53-50(38)49)47-36-16-8-6-14-34(36)46(35-15-7-9-17-37(35)47)31-19-23-43-41(27-31)48-33-13-5-4-12-30(33)18-24-44(48)51-43/h1-28H. The molecule has 0 amide bonds. The summed E-state index contributed by atoms with van der Waals surface area (Å²) in [6.45, 7) is 0. The molecule has 1 nitrogen and oxygen atoms in total. The van der Waals surface area contributed by atoms with E-state index < -0.39 is 0 Å². The Morgan fingerprint density at radius 1 is 0.377 bits per heavy atom. The lowest BCUT2D eigenvalue weighted by atomic mass is 9.85. The molecule has 0 aliphatic heterocycles. The quantitative estimate of drug-likeness (QED) is 0.167. The predicted molar refractivity (Wildman–Crippen MR) is 231 cm³/mol. The van der Waals surface area contributed by atoms with Gasteiger partial charge in [0.05, 0.1) is 9.40 Å². The summed E-state index contributed by atoms with van der Waals surface area (Å²) in [7, 11) is 0. The van der Waals surface area contributed by atoms with Crippen molar-refractivity contribution in [2.24, 2.45) is 0 Å². The second-order valence-electron chi connectivity index (χ2n) is 14.0. The Morgan fingerprint density at radius 2 is 0.981 bits per heavy atom. The molecule has 0 unspecified atom stereocenters. The maximum Gasteiger partial charge on any atom is 0.136 e. The summed E-state index contributed by atoms with van der Waals surface area (Å²) in [6, 6.07) is 60.1. The van der Waals surface area contributed by atoms with Crippen LogP contribution in [-0.4, -0.2) is 0 Å². The van der Waals surface area contributed by atoms with E-state index in [1.807, 2.05) is 22.7 Å². The molecule has 12 aromatic rings. The second kappa shape index (κ2) is 11.1. The summed E-state index contributed by atoms with van der Waals surface area (Å²) in [6.07, 6.45) is 0. The molecule has 0 aliphatic carbocycles. The number of fused-ring (bicyclic) bond motifs is 12. The van der Waals surface area contributed by atoms with Gasteiger partial charge in [-0.25, -0.2) is 0 Å². The maximum absolute atomic E-state index is 6.41. The van der Waals surface area contributed by atoms with Gasteiger partial charge in [0, 0.05) is 37.2 Å². The highest BCUT2D eigenvalue weighted by Gasteiger charge is 2.20. The highest BCUT2D eigenvalue weighted by Crippen LogP contribution is 2.48. The second-order valence-corrected chi connectivity index (χ2v) is 15.9. The minimum Gasteiger partial charge on any atom is -0.456 e. The predicted octanol–water partition coefficient (Wildman–Crippen LogP) is 15.6. The van der Waals surface area contributed by atoms with Crippen LogP contribution in [0.5, 0.6) is 0 Å². The normalized spacial score (nSPS) is 12.2. The van der Waals surface area contributed by atoms with Crippen LogP contribution in [-0.2, 0) is 0 Å². The molecule has 246 valence electrons. The van der Waals surface area contributed by atoms with E-state index in [-0.39, 0.29) is 0 Å². The summed E-state index contributed by atoms with van der Waals surface area (Å²) in [5.74, 6) is 0. The van der Waals surface area contributed by atoms with Crippen LogP contribution >= 0.6 is 22.7 Å². The van der Waals surface area contributed by atoms with E-state index in [1.54, 1.807) is 0 Å². The SMILES string of the molecule is c1ccc(-c2csc3c2ccc2c4cc(-c5c6ccccc6c(-c6ccc7oc8ccc9ccccc9c8c7c6)c6ccccc56)ccc4sc23)cc1. The van der Waals surface area contributed by atoms with Crippen molar-refractivity contribution in [2.75, 3.05) is 0 Å². The molecule has 0 fully saturated rings. The third kappa shape index (κ3) is 4.24. The fraction of sp³-hybridized carbons (Fsp3) is 0. The molecule has 0 saturated heterocycles. The molecule has 3 aromatic heterocycles. The smallest absolute Gasteiger partial charge is 0.136 e. The van der Waals surface area contributed by atoms with Crippen LogP contribution in [0.4, 0.5) is 0 Å². The minimum atomic E-state index is 0.915. The molecule has 0 aliphatic rings. The summed E-state index contributed by atoms with van der Waals surface area (Å²) in [5.41, 5.74) is 9.41. The van der Waals surface area contributed by atoms with Gasteiger partial charge in [-0.1, -0.05) is 133 Å². The topological polar surface area (TPSA) is 13.1 Å². The van der Waals surface area contributed by atoms with E-state index in [0.29, 0.717) is 0 Å². The molecule has 0 radical (unpaired) electrons. The Kier molecular flexibility index (Phi) is 6.15. The molecular formula is C50H28OS2. The van der Waals surface area contributed by atoms with Gasteiger partial charge in [-0.2, -0.15) is 0 Å². The molecule has 12 rings (SSSR count). The Labute approximate surface area is 312 Å². The molecule has 9 aromatic carbocycles. The van der Waals surface area contributed by atoms with Gasteiger partial charge >= 0.3 is 0 Å². The van der Waals surface area contributed by atoms with Crippen molar-refractivity contribution in [2.45, 2.75) is 0 Å². The first-order valence-corrected chi connectivity index (χ1v) is 19.7. The molecule has 3 heteroatoms. The average Bonchev–Trinajstić information content (AvgIpc) is 3.93. The zero-order chi connectivity index (χ0) is 34.6. The summed E-state index contributed by atoms with van der Waals surface area (Å²) in [5, 5.41) is 16.1. The van der Waals surface area contributed by atoms with Crippen molar-refractivity contribution in [3.05, 3.63) is 169 Å². The summed E-state index contributed by atoms with van der Waals surface area (Å²) in [4.78, 5) is 0. The maximum atomic E-state index is 6.41. The number of thiophene rings is 2. The van der Waals surface area contributed by atoms with E-state index in [4.69, 9.17) is 4.42 Å². The van der Waals surface area contributed by atoms with Crippen molar-refractivity contribution < 1.29 is 4.42 Å². The number of rotatable bonds is 3. The molecule has 0 saturated carbocycles. The summed E-state index contributed by atoms with van der Waals surface area (Å²) >= 11 is 3.78. The van der Waals surface area contributed by atoms with Crippen LogP contribution in [0, 0.1) is 0 Å². The first-order valence-electron chi connectivity index (χ1n) is 18.0. The Balaban J connectivity index is 1.09. The highest BCUT2D eigenvalue weighted by molar-refractivity contribution is 7.30. The Morgan fingerprint density at radius 3 is 1.72 bits per heavy atom. The molecule has 53 heavy (non-hydrogen) atoms. The van der Waals surface area contributed by atoms with Crippen LogP contribution < -0.4 is 0 Å². The van der Waals surface area contributed by atoms with E-state index in [2.05, 4.69) is 169 Å². The van der Waals surface area contributed by atoms with Gasteiger partial charge in [0.25, 0.3) is 0 Å².